The van der Waals surface area contributed by atoms with E-state index in [1.807, 2.05) is 4.90 Å². The summed E-state index contributed by atoms with van der Waals surface area (Å²) < 4.78 is 0. The lowest BCUT2D eigenvalue weighted by Crippen LogP contribution is -2.36. The molecule has 0 aromatic carbocycles. The Hall–Kier alpha value is -0.280. The highest BCUT2D eigenvalue weighted by Gasteiger charge is 2.34. The highest BCUT2D eigenvalue weighted by molar-refractivity contribution is 5.85. The molecule has 16 heavy (non-hydrogen) atoms. The third-order valence-corrected chi connectivity index (χ3v) is 3.80. The smallest absolute Gasteiger partial charge is 0.223 e. The lowest BCUT2D eigenvalue weighted by atomic mass is 9.99. The second-order valence-electron chi connectivity index (χ2n) is 4.97. The average molecular weight is 247 g/mol. The van der Waals surface area contributed by atoms with Crippen LogP contribution in [0, 0.1) is 5.92 Å². The van der Waals surface area contributed by atoms with E-state index in [2.05, 4.69) is 6.92 Å². The van der Waals surface area contributed by atoms with E-state index in [1.165, 1.54) is 19.3 Å². The molecule has 1 amide bonds. The van der Waals surface area contributed by atoms with Gasteiger partial charge in [-0.2, -0.15) is 0 Å². The fourth-order valence-electron chi connectivity index (χ4n) is 2.68. The zero-order valence-electron chi connectivity index (χ0n) is 10.0. The Balaban J connectivity index is 0.00000128. The molecule has 3 nitrogen and oxygen atoms in total. The van der Waals surface area contributed by atoms with Crippen molar-refractivity contribution >= 4 is 18.3 Å². The Bertz CT molecular complexity index is 243. The van der Waals surface area contributed by atoms with E-state index in [4.69, 9.17) is 5.73 Å². The highest BCUT2D eigenvalue weighted by Crippen LogP contribution is 2.31. The van der Waals surface area contributed by atoms with Gasteiger partial charge in [0.2, 0.25) is 5.91 Å². The molecule has 2 saturated carbocycles. The van der Waals surface area contributed by atoms with Gasteiger partial charge in [0, 0.05) is 25.0 Å². The zero-order valence-corrected chi connectivity index (χ0v) is 10.8. The Kier molecular flexibility index (Phi) is 5.06. The molecule has 2 N–H and O–H groups in total. The fourth-order valence-corrected chi connectivity index (χ4v) is 2.68. The minimum atomic E-state index is 0. The van der Waals surface area contributed by atoms with Crippen molar-refractivity contribution in [3.63, 3.8) is 0 Å². The largest absolute Gasteiger partial charge is 0.340 e. The summed E-state index contributed by atoms with van der Waals surface area (Å²) in [7, 11) is 0. The Labute approximate surface area is 104 Å². The van der Waals surface area contributed by atoms with Gasteiger partial charge in [-0.3, -0.25) is 4.79 Å². The number of hydrogen-bond acceptors (Lipinski definition) is 2. The van der Waals surface area contributed by atoms with E-state index in [1.54, 1.807) is 0 Å². The van der Waals surface area contributed by atoms with E-state index in [0.29, 0.717) is 24.3 Å². The first-order valence-corrected chi connectivity index (χ1v) is 6.27. The molecule has 0 saturated heterocycles. The van der Waals surface area contributed by atoms with Gasteiger partial charge in [-0.15, -0.1) is 12.4 Å². The predicted octanol–water partition coefficient (Wildman–Crippen LogP) is 1.94. The van der Waals surface area contributed by atoms with Crippen LogP contribution in [0.5, 0.6) is 0 Å². The van der Waals surface area contributed by atoms with Gasteiger partial charge >= 0.3 is 0 Å². The van der Waals surface area contributed by atoms with Gasteiger partial charge in [-0.05, 0) is 38.5 Å². The molecule has 2 aliphatic carbocycles. The van der Waals surface area contributed by atoms with Crippen molar-refractivity contribution in [1.29, 1.82) is 0 Å². The van der Waals surface area contributed by atoms with Crippen LogP contribution in [0.1, 0.15) is 45.4 Å². The van der Waals surface area contributed by atoms with Gasteiger partial charge in [0.1, 0.15) is 0 Å². The molecular weight excluding hydrogens is 224 g/mol. The van der Waals surface area contributed by atoms with Crippen molar-refractivity contribution in [2.45, 2.75) is 57.5 Å². The van der Waals surface area contributed by atoms with Crippen LogP contribution in [-0.2, 0) is 4.79 Å². The van der Waals surface area contributed by atoms with E-state index < -0.39 is 0 Å². The number of amides is 1. The molecular formula is C12H23ClN2O. The lowest BCUT2D eigenvalue weighted by molar-refractivity contribution is -0.132. The first-order chi connectivity index (χ1) is 7.22. The van der Waals surface area contributed by atoms with Crippen LogP contribution in [0.25, 0.3) is 0 Å². The van der Waals surface area contributed by atoms with Gasteiger partial charge < -0.3 is 10.6 Å². The first-order valence-electron chi connectivity index (χ1n) is 6.27. The summed E-state index contributed by atoms with van der Waals surface area (Å²) in [5.41, 5.74) is 5.99. The van der Waals surface area contributed by atoms with E-state index >= 15 is 0 Å². The predicted molar refractivity (Wildman–Crippen MR) is 67.6 cm³/mol. The summed E-state index contributed by atoms with van der Waals surface area (Å²) >= 11 is 0. The monoisotopic (exact) mass is 246 g/mol. The Morgan fingerprint density at radius 2 is 2.00 bits per heavy atom. The summed E-state index contributed by atoms with van der Waals surface area (Å²) in [6.07, 6.45) is 6.55. The standard InChI is InChI=1S/C12H22N2O.ClH/c1-2-14(10-6-7-10)12(15)8-9-4-3-5-11(9)13;/h9-11H,2-8,13H2,1H3;1H/t9-,11+;/m0./s1. The van der Waals surface area contributed by atoms with Crippen molar-refractivity contribution in [2.24, 2.45) is 11.7 Å². The lowest BCUT2D eigenvalue weighted by Gasteiger charge is -2.23. The normalized spacial score (nSPS) is 28.6. The number of nitrogens with zero attached hydrogens (tertiary/aromatic N) is 1. The second-order valence-corrected chi connectivity index (χ2v) is 4.97. The van der Waals surface area contributed by atoms with Crippen molar-refractivity contribution in [2.75, 3.05) is 6.54 Å². The second kappa shape index (κ2) is 5.87. The minimum Gasteiger partial charge on any atom is -0.340 e. The number of nitrogens with two attached hydrogens (primary N) is 1. The molecule has 94 valence electrons. The molecule has 0 aromatic rings. The van der Waals surface area contributed by atoms with Crippen molar-refractivity contribution in [3.8, 4) is 0 Å². The molecule has 0 bridgehead atoms. The van der Waals surface area contributed by atoms with Gasteiger partial charge in [0.25, 0.3) is 0 Å². The molecule has 0 unspecified atom stereocenters. The molecule has 0 aliphatic heterocycles. The summed E-state index contributed by atoms with van der Waals surface area (Å²) in [5, 5.41) is 0. The molecule has 4 heteroatoms. The van der Waals surface area contributed by atoms with Crippen LogP contribution in [0.4, 0.5) is 0 Å². The van der Waals surface area contributed by atoms with Crippen LogP contribution in [0.3, 0.4) is 0 Å². The van der Waals surface area contributed by atoms with E-state index in [0.717, 1.165) is 19.4 Å². The van der Waals surface area contributed by atoms with Crippen LogP contribution in [0.2, 0.25) is 0 Å². The number of rotatable bonds is 4. The van der Waals surface area contributed by atoms with Crippen molar-refractivity contribution in [3.05, 3.63) is 0 Å². The maximum Gasteiger partial charge on any atom is 0.223 e. The van der Waals surface area contributed by atoms with Gasteiger partial charge in [0.15, 0.2) is 0 Å². The molecule has 2 fully saturated rings. The van der Waals surface area contributed by atoms with Crippen LogP contribution >= 0.6 is 12.4 Å². The molecule has 2 atom stereocenters. The average Bonchev–Trinajstić information content (AvgIpc) is 2.95. The third kappa shape index (κ3) is 3.11. The highest BCUT2D eigenvalue weighted by atomic mass is 35.5. The zero-order chi connectivity index (χ0) is 10.8. The molecule has 0 aromatic heterocycles. The van der Waals surface area contributed by atoms with Crippen LogP contribution in [-0.4, -0.2) is 29.4 Å². The first kappa shape index (κ1) is 13.8. The van der Waals surface area contributed by atoms with Gasteiger partial charge in [-0.1, -0.05) is 6.42 Å². The minimum absolute atomic E-state index is 0. The number of hydrogen-bond donors (Lipinski definition) is 1. The van der Waals surface area contributed by atoms with E-state index in [9.17, 15) is 4.79 Å². The third-order valence-electron chi connectivity index (χ3n) is 3.80. The number of halogens is 1. The summed E-state index contributed by atoms with van der Waals surface area (Å²) in [6.45, 7) is 2.94. The molecule has 0 spiro atoms. The van der Waals surface area contributed by atoms with Crippen molar-refractivity contribution in [1.82, 2.24) is 4.90 Å². The van der Waals surface area contributed by atoms with E-state index in [-0.39, 0.29) is 18.4 Å². The molecule has 0 radical (unpaired) electrons. The quantitative estimate of drug-likeness (QED) is 0.824. The SMILES string of the molecule is CCN(C(=O)C[C@@H]1CCC[C@H]1N)C1CC1.Cl. The Morgan fingerprint density at radius 3 is 2.44 bits per heavy atom. The van der Waals surface area contributed by atoms with Gasteiger partial charge in [-0.25, -0.2) is 0 Å². The summed E-state index contributed by atoms with van der Waals surface area (Å²) in [5.74, 6) is 0.785. The number of carbonyl (C=O) groups is 1. The van der Waals surface area contributed by atoms with Gasteiger partial charge in [0.05, 0.1) is 0 Å². The molecule has 2 aliphatic rings. The summed E-state index contributed by atoms with van der Waals surface area (Å²) in [4.78, 5) is 14.1. The Morgan fingerprint density at radius 1 is 1.31 bits per heavy atom. The molecule has 2 rings (SSSR count). The maximum absolute atomic E-state index is 12.0. The summed E-state index contributed by atoms with van der Waals surface area (Å²) in [6, 6.07) is 0.826. The fraction of sp³-hybridized carbons (Fsp3) is 0.917. The maximum atomic E-state index is 12.0. The van der Waals surface area contributed by atoms with Crippen LogP contribution in [0.15, 0.2) is 0 Å². The van der Waals surface area contributed by atoms with Crippen molar-refractivity contribution < 1.29 is 4.79 Å². The van der Waals surface area contributed by atoms with Crippen LogP contribution < -0.4 is 5.73 Å². The number of carbonyl (C=O) groups excluding carboxylic acids is 1. The molecule has 0 heterocycles. The topological polar surface area (TPSA) is 46.3 Å².